The van der Waals surface area contributed by atoms with E-state index < -0.39 is 30.2 Å². The zero-order valence-electron chi connectivity index (χ0n) is 16.7. The molecule has 1 N–H and O–H groups in total. The molecule has 2 amide bonds. The van der Waals surface area contributed by atoms with Crippen molar-refractivity contribution in [1.29, 1.82) is 0 Å². The largest absolute Gasteiger partial charge is 0.497 e. The number of benzene rings is 2. The van der Waals surface area contributed by atoms with E-state index >= 15 is 0 Å². The van der Waals surface area contributed by atoms with E-state index in [2.05, 4.69) is 5.32 Å². The zero-order valence-corrected chi connectivity index (χ0v) is 16.7. The number of esters is 1. The summed E-state index contributed by atoms with van der Waals surface area (Å²) in [7, 11) is 1.50. The summed E-state index contributed by atoms with van der Waals surface area (Å²) >= 11 is 0. The average Bonchev–Trinajstić information content (AvgIpc) is 3.25. The molecule has 0 aliphatic rings. The summed E-state index contributed by atoms with van der Waals surface area (Å²) in [5, 5.41) is 2.14. The first-order valence-electron chi connectivity index (χ1n) is 9.43. The highest BCUT2D eigenvalue weighted by atomic mass is 19.1. The van der Waals surface area contributed by atoms with Gasteiger partial charge in [0, 0.05) is 12.0 Å². The third-order valence-electron chi connectivity index (χ3n) is 4.35. The number of rotatable bonds is 8. The Hall–Kier alpha value is -3.94. The summed E-state index contributed by atoms with van der Waals surface area (Å²) in [6.07, 6.45) is 0.184. The standard InChI is InChI=1S/C23H20FNO6/c1-29-16-8-6-15(7-9-16)23(28)25-21(26)14-30-22(27)13-11-17-10-12-20(31-17)18-4-2-3-5-19(18)24/h2-10,12H,11,13-14H2,1H3,(H,25,26,28). The number of aryl methyl sites for hydroxylation is 1. The van der Waals surface area contributed by atoms with Crippen molar-refractivity contribution < 1.29 is 32.7 Å². The normalized spacial score (nSPS) is 10.4. The molecule has 0 saturated carbocycles. The molecule has 3 rings (SSSR count). The molecule has 0 aliphatic carbocycles. The highest BCUT2D eigenvalue weighted by Crippen LogP contribution is 2.25. The molecular formula is C23H20FNO6. The first-order valence-corrected chi connectivity index (χ1v) is 9.43. The Kier molecular flexibility index (Phi) is 7.16. The van der Waals surface area contributed by atoms with Crippen LogP contribution in [0.4, 0.5) is 4.39 Å². The summed E-state index contributed by atoms with van der Waals surface area (Å²) in [6, 6.07) is 15.7. The number of methoxy groups -OCH3 is 1. The van der Waals surface area contributed by atoms with E-state index in [4.69, 9.17) is 13.9 Å². The van der Waals surface area contributed by atoms with Crippen molar-refractivity contribution in [2.24, 2.45) is 0 Å². The maximum atomic E-state index is 13.8. The number of carbonyl (C=O) groups excluding carboxylic acids is 3. The molecule has 8 heteroatoms. The lowest BCUT2D eigenvalue weighted by Gasteiger charge is -2.06. The number of carbonyl (C=O) groups is 3. The summed E-state index contributed by atoms with van der Waals surface area (Å²) in [5.74, 6) is -0.968. The molecule has 0 atom stereocenters. The van der Waals surface area contributed by atoms with Gasteiger partial charge < -0.3 is 13.9 Å². The fraction of sp³-hybridized carbons (Fsp3) is 0.174. The minimum atomic E-state index is -0.742. The van der Waals surface area contributed by atoms with Gasteiger partial charge in [-0.25, -0.2) is 4.39 Å². The molecule has 0 radical (unpaired) electrons. The molecule has 31 heavy (non-hydrogen) atoms. The number of hydrogen-bond donors (Lipinski definition) is 1. The third-order valence-corrected chi connectivity index (χ3v) is 4.35. The predicted molar refractivity (Wildman–Crippen MR) is 109 cm³/mol. The molecule has 0 spiro atoms. The molecule has 1 heterocycles. The van der Waals surface area contributed by atoms with E-state index in [9.17, 15) is 18.8 Å². The number of imide groups is 1. The van der Waals surface area contributed by atoms with Gasteiger partial charge in [-0.05, 0) is 48.5 Å². The van der Waals surface area contributed by atoms with E-state index in [1.807, 2.05) is 0 Å². The first kappa shape index (κ1) is 21.8. The van der Waals surface area contributed by atoms with Gasteiger partial charge >= 0.3 is 5.97 Å². The maximum Gasteiger partial charge on any atom is 0.306 e. The van der Waals surface area contributed by atoms with E-state index in [1.54, 1.807) is 42.5 Å². The van der Waals surface area contributed by atoms with E-state index in [0.717, 1.165) is 0 Å². The Morgan fingerprint density at radius 2 is 1.74 bits per heavy atom. The second kappa shape index (κ2) is 10.2. The Morgan fingerprint density at radius 3 is 2.45 bits per heavy atom. The van der Waals surface area contributed by atoms with Crippen LogP contribution in [0.25, 0.3) is 11.3 Å². The van der Waals surface area contributed by atoms with Gasteiger partial charge in [-0.1, -0.05) is 12.1 Å². The number of halogens is 1. The van der Waals surface area contributed by atoms with Crippen LogP contribution in [0, 0.1) is 5.82 Å². The fourth-order valence-electron chi connectivity index (χ4n) is 2.74. The number of ether oxygens (including phenoxy) is 2. The summed E-state index contributed by atoms with van der Waals surface area (Å²) < 4.78 is 29.3. The summed E-state index contributed by atoms with van der Waals surface area (Å²) in [6.45, 7) is -0.584. The van der Waals surface area contributed by atoms with E-state index in [1.165, 1.54) is 25.3 Å². The number of nitrogens with one attached hydrogen (secondary N) is 1. The number of furan rings is 1. The molecule has 0 saturated heterocycles. The molecule has 2 aromatic carbocycles. The van der Waals surface area contributed by atoms with Crippen LogP contribution in [0.3, 0.4) is 0 Å². The SMILES string of the molecule is COc1ccc(C(=O)NC(=O)COC(=O)CCc2ccc(-c3ccccc3F)o2)cc1. The van der Waals surface area contributed by atoms with Gasteiger partial charge in [0.25, 0.3) is 11.8 Å². The number of hydrogen-bond acceptors (Lipinski definition) is 6. The first-order chi connectivity index (χ1) is 15.0. The van der Waals surface area contributed by atoms with E-state index in [0.29, 0.717) is 22.8 Å². The Balaban J connectivity index is 1.42. The Bertz CT molecular complexity index is 1070. The van der Waals surface area contributed by atoms with Crippen molar-refractivity contribution in [3.63, 3.8) is 0 Å². The van der Waals surface area contributed by atoms with Gasteiger partial charge in [-0.15, -0.1) is 0 Å². The average molecular weight is 425 g/mol. The molecule has 160 valence electrons. The minimum Gasteiger partial charge on any atom is -0.497 e. The van der Waals surface area contributed by atoms with Crippen LogP contribution in [0.2, 0.25) is 0 Å². The molecule has 7 nitrogen and oxygen atoms in total. The van der Waals surface area contributed by atoms with Crippen LogP contribution >= 0.6 is 0 Å². The van der Waals surface area contributed by atoms with Crippen LogP contribution in [0.1, 0.15) is 22.5 Å². The smallest absolute Gasteiger partial charge is 0.306 e. The monoisotopic (exact) mass is 425 g/mol. The van der Waals surface area contributed by atoms with Gasteiger partial charge in [-0.3, -0.25) is 19.7 Å². The van der Waals surface area contributed by atoms with Crippen LogP contribution in [-0.4, -0.2) is 31.5 Å². The third kappa shape index (κ3) is 6.02. The zero-order chi connectivity index (χ0) is 22.2. The van der Waals surface area contributed by atoms with Crippen molar-refractivity contribution in [3.8, 4) is 17.1 Å². The Labute approximate surface area is 177 Å². The van der Waals surface area contributed by atoms with Crippen LogP contribution in [0.15, 0.2) is 65.1 Å². The summed E-state index contributed by atoms with van der Waals surface area (Å²) in [4.78, 5) is 35.7. The summed E-state index contributed by atoms with van der Waals surface area (Å²) in [5.41, 5.74) is 0.596. The molecule has 1 aromatic heterocycles. The second-order valence-corrected chi connectivity index (χ2v) is 6.51. The van der Waals surface area contributed by atoms with E-state index in [-0.39, 0.29) is 18.4 Å². The van der Waals surface area contributed by atoms with Gasteiger partial charge in [0.15, 0.2) is 6.61 Å². The lowest BCUT2D eigenvalue weighted by Crippen LogP contribution is -2.34. The lowest BCUT2D eigenvalue weighted by molar-refractivity contribution is -0.148. The highest BCUT2D eigenvalue weighted by molar-refractivity contribution is 6.05. The highest BCUT2D eigenvalue weighted by Gasteiger charge is 2.14. The second-order valence-electron chi connectivity index (χ2n) is 6.51. The van der Waals surface area contributed by atoms with Gasteiger partial charge in [0.05, 0.1) is 19.1 Å². The predicted octanol–water partition coefficient (Wildman–Crippen LogP) is 3.53. The Morgan fingerprint density at radius 1 is 1.00 bits per heavy atom. The molecule has 0 fully saturated rings. The van der Waals surface area contributed by atoms with Crippen molar-refractivity contribution in [2.75, 3.05) is 13.7 Å². The molecular weight excluding hydrogens is 405 g/mol. The van der Waals surface area contributed by atoms with Crippen LogP contribution < -0.4 is 10.1 Å². The fourth-order valence-corrected chi connectivity index (χ4v) is 2.74. The van der Waals surface area contributed by atoms with Crippen LogP contribution in [0.5, 0.6) is 5.75 Å². The molecule has 0 unspecified atom stereocenters. The van der Waals surface area contributed by atoms with Gasteiger partial charge in [-0.2, -0.15) is 0 Å². The molecule has 0 aliphatic heterocycles. The quantitative estimate of drug-likeness (QED) is 0.555. The van der Waals surface area contributed by atoms with Crippen molar-refractivity contribution in [1.82, 2.24) is 5.32 Å². The minimum absolute atomic E-state index is 0.0378. The molecule has 0 bridgehead atoms. The van der Waals surface area contributed by atoms with Gasteiger partial charge in [0.1, 0.15) is 23.1 Å². The van der Waals surface area contributed by atoms with Crippen molar-refractivity contribution >= 4 is 17.8 Å². The lowest BCUT2D eigenvalue weighted by atomic mass is 10.1. The maximum absolute atomic E-state index is 13.8. The van der Waals surface area contributed by atoms with Gasteiger partial charge in [0.2, 0.25) is 0 Å². The van der Waals surface area contributed by atoms with Crippen molar-refractivity contribution in [3.05, 3.63) is 77.8 Å². The van der Waals surface area contributed by atoms with Crippen molar-refractivity contribution in [2.45, 2.75) is 12.8 Å². The van der Waals surface area contributed by atoms with Crippen LogP contribution in [-0.2, 0) is 20.7 Å². The number of amides is 2. The molecule has 3 aromatic rings. The topological polar surface area (TPSA) is 94.8 Å².